The zero-order valence-electron chi connectivity index (χ0n) is 5.70. The number of hydrogen-bond donors (Lipinski definition) is 0. The second-order valence-corrected chi connectivity index (χ2v) is 2.79. The molecule has 0 aromatic heterocycles. The summed E-state index contributed by atoms with van der Waals surface area (Å²) in [4.78, 5) is 0. The smallest absolute Gasteiger partial charge is 1.00 e. The van der Waals surface area contributed by atoms with Crippen molar-refractivity contribution in [2.45, 2.75) is 23.9 Å². The van der Waals surface area contributed by atoms with Crippen molar-refractivity contribution < 1.29 is 2.85 Å². The van der Waals surface area contributed by atoms with Crippen molar-refractivity contribution in [3.8, 4) is 0 Å². The molecule has 0 atom stereocenters. The van der Waals surface area contributed by atoms with E-state index in [4.69, 9.17) is 0 Å². The fourth-order valence-electron chi connectivity index (χ4n) is 0.204. The van der Waals surface area contributed by atoms with Crippen LogP contribution in [0.25, 0.3) is 0 Å². The molecule has 0 heterocycles. The van der Waals surface area contributed by atoms with Gasteiger partial charge in [0.1, 0.15) is 0 Å². The Morgan fingerprint density at radius 3 is 2.40 bits per heavy atom. The maximum Gasteiger partial charge on any atom is -1.00 e. The summed E-state index contributed by atoms with van der Waals surface area (Å²) < 4.78 is 1.47. The average molecular weight is 174 g/mol. The van der Waals surface area contributed by atoms with E-state index in [9.17, 15) is 0 Å². The molecule has 5 heavy (non-hydrogen) atoms. The summed E-state index contributed by atoms with van der Waals surface area (Å²) in [5.41, 5.74) is 0. The fourth-order valence-corrected chi connectivity index (χ4v) is 1.37. The van der Waals surface area contributed by atoms with Gasteiger partial charge in [-0.2, -0.15) is 0 Å². The standard InChI is InChI=1S/C4H9.In.2H/c1-3-4-2;;;/h1,3-4H2,2H3;;;/q;;2*-1. The van der Waals surface area contributed by atoms with Gasteiger partial charge < -0.3 is 2.85 Å². The van der Waals surface area contributed by atoms with E-state index < -0.39 is 0 Å². The van der Waals surface area contributed by atoms with E-state index in [0.717, 1.165) is 0 Å². The zero-order chi connectivity index (χ0) is 4.12. The Kier molecular flexibility index (Phi) is 5.72. The van der Waals surface area contributed by atoms with Crippen LogP contribution >= 0.6 is 0 Å². The molecule has 0 unspecified atom stereocenters. The molecule has 0 saturated heterocycles. The third kappa shape index (κ3) is 4.87. The molecule has 0 rings (SSSR count). The monoisotopic (exact) mass is 174 g/mol. The minimum absolute atomic E-state index is 0. The molecule has 0 bridgehead atoms. The third-order valence-corrected chi connectivity index (χ3v) is 1.72. The van der Waals surface area contributed by atoms with Crippen LogP contribution in [0.5, 0.6) is 0 Å². The van der Waals surface area contributed by atoms with E-state index in [1.807, 2.05) is 0 Å². The van der Waals surface area contributed by atoms with Crippen molar-refractivity contribution in [1.82, 2.24) is 0 Å². The van der Waals surface area contributed by atoms with E-state index in [0.29, 0.717) is 0 Å². The molecule has 1 heteroatoms. The second-order valence-electron chi connectivity index (χ2n) is 1.14. The molecule has 0 N–H and O–H groups in total. The van der Waals surface area contributed by atoms with Gasteiger partial charge in [-0.3, -0.25) is 0 Å². The Labute approximate surface area is 51.5 Å². The van der Waals surface area contributed by atoms with Gasteiger partial charge in [0.25, 0.3) is 0 Å². The molecule has 0 amide bonds. The summed E-state index contributed by atoms with van der Waals surface area (Å²) in [6.45, 7) is 2.23. The maximum absolute atomic E-state index is 2.23. The Balaban J connectivity index is -0.0000000800. The van der Waals surface area contributed by atoms with Crippen LogP contribution in [0.1, 0.15) is 22.6 Å². The van der Waals surface area contributed by atoms with Crippen LogP contribution in [-0.4, -0.2) is 24.4 Å². The van der Waals surface area contributed by atoms with Gasteiger partial charge in [0.15, 0.2) is 0 Å². The van der Waals surface area contributed by atoms with Crippen LogP contribution < -0.4 is 0 Å². The van der Waals surface area contributed by atoms with Crippen molar-refractivity contribution >= 4 is 24.4 Å². The number of hydrogen-bond acceptors (Lipinski definition) is 0. The predicted octanol–water partition coefficient (Wildman–Crippen LogP) is 1.60. The quantitative estimate of drug-likeness (QED) is 0.596. The summed E-state index contributed by atoms with van der Waals surface area (Å²) in [5.74, 6) is 0. The normalized spacial score (nSPS) is 8.20. The largest absolute Gasteiger partial charge is 1.00 e. The molecular formula is C4H11In-2. The van der Waals surface area contributed by atoms with E-state index in [2.05, 4.69) is 6.92 Å². The summed E-state index contributed by atoms with van der Waals surface area (Å²) in [6, 6.07) is 0. The Morgan fingerprint density at radius 1 is 1.80 bits per heavy atom. The second kappa shape index (κ2) is 4.87. The van der Waals surface area contributed by atoms with Crippen LogP contribution in [0.15, 0.2) is 0 Å². The maximum atomic E-state index is 2.23. The molecule has 0 aliphatic rings. The van der Waals surface area contributed by atoms with Crippen molar-refractivity contribution in [2.24, 2.45) is 0 Å². The van der Waals surface area contributed by atoms with Gasteiger partial charge in [-0.15, -0.1) is 0 Å². The van der Waals surface area contributed by atoms with Gasteiger partial charge in [-0.05, 0) is 0 Å². The van der Waals surface area contributed by atoms with Gasteiger partial charge in [0.2, 0.25) is 0 Å². The Bertz CT molecular complexity index is 17.2. The van der Waals surface area contributed by atoms with E-state index in [-0.39, 0.29) is 2.85 Å². The van der Waals surface area contributed by atoms with Gasteiger partial charge in [-0.25, -0.2) is 0 Å². The molecule has 0 saturated carbocycles. The van der Waals surface area contributed by atoms with Crippen molar-refractivity contribution in [1.29, 1.82) is 0 Å². The van der Waals surface area contributed by atoms with Crippen LogP contribution in [-0.2, 0) is 0 Å². The molecule has 0 aromatic rings. The van der Waals surface area contributed by atoms with Crippen LogP contribution in [0, 0.1) is 0 Å². The fraction of sp³-hybridized carbons (Fsp3) is 1.00. The summed E-state index contributed by atoms with van der Waals surface area (Å²) >= 11 is 1.45. The van der Waals surface area contributed by atoms with E-state index in [1.165, 1.54) is 41.4 Å². The van der Waals surface area contributed by atoms with Crippen LogP contribution in [0.4, 0.5) is 0 Å². The minimum atomic E-state index is 0. The van der Waals surface area contributed by atoms with Gasteiger partial charge >= 0.3 is 48.3 Å². The molecular weight excluding hydrogens is 163 g/mol. The van der Waals surface area contributed by atoms with E-state index >= 15 is 0 Å². The first-order valence-corrected chi connectivity index (χ1v) is 4.45. The number of rotatable bonds is 2. The van der Waals surface area contributed by atoms with Crippen LogP contribution in [0.3, 0.4) is 0 Å². The van der Waals surface area contributed by atoms with Crippen molar-refractivity contribution in [3.05, 3.63) is 0 Å². The molecule has 0 nitrogen and oxygen atoms in total. The molecule has 0 aromatic carbocycles. The molecule has 0 fully saturated rings. The number of unbranched alkanes of at least 4 members (excludes halogenated alkanes) is 1. The molecule has 2 radical (unpaired) electrons. The summed E-state index contributed by atoms with van der Waals surface area (Å²) in [5, 5.41) is 0. The first-order valence-electron chi connectivity index (χ1n) is 2.12. The topological polar surface area (TPSA) is 0 Å². The summed E-state index contributed by atoms with van der Waals surface area (Å²) in [7, 11) is 0. The Hall–Kier alpha value is 0.870. The van der Waals surface area contributed by atoms with Crippen LogP contribution in [0.2, 0.25) is 4.18 Å². The average Bonchev–Trinajstić information content (AvgIpc) is 1.41. The first-order chi connectivity index (χ1) is 2.41. The molecule has 0 spiro atoms. The summed E-state index contributed by atoms with van der Waals surface area (Å²) in [6.07, 6.45) is 2.82. The third-order valence-electron chi connectivity index (χ3n) is 0.558. The SMILES string of the molecule is CCC[CH2][In].[H-].[H-]. The predicted molar refractivity (Wildman–Crippen MR) is 27.7 cm³/mol. The van der Waals surface area contributed by atoms with Gasteiger partial charge in [0.05, 0.1) is 0 Å². The zero-order valence-corrected chi connectivity index (χ0v) is 6.99. The van der Waals surface area contributed by atoms with Gasteiger partial charge in [-0.1, -0.05) is 0 Å². The van der Waals surface area contributed by atoms with E-state index in [1.54, 1.807) is 0 Å². The van der Waals surface area contributed by atoms with Crippen molar-refractivity contribution in [3.63, 3.8) is 0 Å². The molecule has 0 aliphatic carbocycles. The minimum Gasteiger partial charge on any atom is -1.00 e. The first kappa shape index (κ1) is 5.87. The molecule has 32 valence electrons. The Morgan fingerprint density at radius 2 is 2.40 bits per heavy atom. The van der Waals surface area contributed by atoms with Gasteiger partial charge in [0, 0.05) is 0 Å². The van der Waals surface area contributed by atoms with Crippen molar-refractivity contribution in [2.75, 3.05) is 0 Å². The molecule has 0 aliphatic heterocycles.